The first-order valence-electron chi connectivity index (χ1n) is 6.44. The largest absolute Gasteiger partial charge is 0.508 e. The molecule has 0 radical (unpaired) electrons. The molecule has 2 unspecified atom stereocenters. The van der Waals surface area contributed by atoms with Crippen LogP contribution in [-0.4, -0.2) is 23.1 Å². The molecule has 0 heterocycles. The lowest BCUT2D eigenvalue weighted by Crippen LogP contribution is -2.43. The van der Waals surface area contributed by atoms with Crippen molar-refractivity contribution in [2.45, 2.75) is 38.3 Å². The number of nitrogens with two attached hydrogens (primary N) is 1. The Hall–Kier alpha value is -1.55. The van der Waals surface area contributed by atoms with Crippen LogP contribution in [0.2, 0.25) is 0 Å². The molecule has 1 aliphatic rings. The number of rotatable bonds is 5. The minimum Gasteiger partial charge on any atom is -0.508 e. The minimum absolute atomic E-state index is 0.0796. The van der Waals surface area contributed by atoms with E-state index >= 15 is 0 Å². The van der Waals surface area contributed by atoms with E-state index in [1.807, 2.05) is 0 Å². The molecule has 0 aromatic heterocycles. The lowest BCUT2D eigenvalue weighted by Gasteiger charge is -2.12. The number of phenols is 1. The van der Waals surface area contributed by atoms with Crippen molar-refractivity contribution in [3.63, 3.8) is 0 Å². The van der Waals surface area contributed by atoms with Crippen molar-refractivity contribution < 1.29 is 9.90 Å². The number of carbonyl (C=O) groups is 1. The maximum atomic E-state index is 11.8. The average Bonchev–Trinajstić information content (AvgIpc) is 3.10. The molecule has 1 fully saturated rings. The van der Waals surface area contributed by atoms with E-state index in [0.717, 1.165) is 18.4 Å². The molecule has 4 nitrogen and oxygen atoms in total. The van der Waals surface area contributed by atoms with Crippen molar-refractivity contribution in [3.05, 3.63) is 29.8 Å². The van der Waals surface area contributed by atoms with Crippen molar-refractivity contribution in [2.24, 2.45) is 11.7 Å². The Morgan fingerprint density at radius 2 is 2.17 bits per heavy atom. The summed E-state index contributed by atoms with van der Waals surface area (Å²) in [5, 5.41) is 12.1. The monoisotopic (exact) mass is 248 g/mol. The molecule has 0 saturated heterocycles. The Kier molecular flexibility index (Phi) is 3.87. The summed E-state index contributed by atoms with van der Waals surface area (Å²) in [6, 6.07) is 6.59. The zero-order valence-corrected chi connectivity index (χ0v) is 10.6. The summed E-state index contributed by atoms with van der Waals surface area (Å²) in [6.45, 7) is 2.13. The van der Waals surface area contributed by atoms with Crippen LogP contribution in [-0.2, 0) is 11.2 Å². The summed E-state index contributed by atoms with van der Waals surface area (Å²) in [7, 11) is 0. The van der Waals surface area contributed by atoms with Crippen molar-refractivity contribution in [1.29, 1.82) is 0 Å². The Labute approximate surface area is 107 Å². The van der Waals surface area contributed by atoms with Gasteiger partial charge in [-0.2, -0.15) is 0 Å². The van der Waals surface area contributed by atoms with Gasteiger partial charge in [0.05, 0.1) is 6.04 Å². The maximum absolute atomic E-state index is 11.8. The highest BCUT2D eigenvalue weighted by Crippen LogP contribution is 2.33. The van der Waals surface area contributed by atoms with Gasteiger partial charge in [0.2, 0.25) is 5.91 Å². The predicted octanol–water partition coefficient (Wildman–Crippen LogP) is 1.18. The highest BCUT2D eigenvalue weighted by molar-refractivity contribution is 5.82. The third-order valence-corrected chi connectivity index (χ3v) is 3.50. The molecule has 98 valence electrons. The zero-order chi connectivity index (χ0) is 13.1. The van der Waals surface area contributed by atoms with Gasteiger partial charge in [0.15, 0.2) is 0 Å². The van der Waals surface area contributed by atoms with Crippen LogP contribution in [0.3, 0.4) is 0 Å². The van der Waals surface area contributed by atoms with Gasteiger partial charge in [0.1, 0.15) is 5.75 Å². The van der Waals surface area contributed by atoms with Crippen LogP contribution in [0, 0.1) is 5.92 Å². The van der Waals surface area contributed by atoms with Crippen LogP contribution in [0.4, 0.5) is 0 Å². The van der Waals surface area contributed by atoms with Crippen molar-refractivity contribution >= 4 is 5.91 Å². The highest BCUT2D eigenvalue weighted by atomic mass is 16.3. The topological polar surface area (TPSA) is 75.4 Å². The van der Waals surface area contributed by atoms with Crippen LogP contribution >= 0.6 is 0 Å². The van der Waals surface area contributed by atoms with Gasteiger partial charge in [-0.15, -0.1) is 0 Å². The first kappa shape index (κ1) is 12.9. The number of hydrogen-bond acceptors (Lipinski definition) is 3. The summed E-state index contributed by atoms with van der Waals surface area (Å²) >= 11 is 0. The number of phenolic OH excluding ortho intramolecular Hbond substituents is 1. The van der Waals surface area contributed by atoms with E-state index in [4.69, 9.17) is 5.73 Å². The third kappa shape index (κ3) is 3.23. The average molecular weight is 248 g/mol. The van der Waals surface area contributed by atoms with Crippen LogP contribution < -0.4 is 11.1 Å². The van der Waals surface area contributed by atoms with E-state index in [9.17, 15) is 9.90 Å². The Balaban J connectivity index is 1.82. The normalized spacial score (nSPS) is 23.4. The first-order valence-corrected chi connectivity index (χ1v) is 6.44. The number of carbonyl (C=O) groups excluding carboxylic acids is 1. The van der Waals surface area contributed by atoms with Gasteiger partial charge in [0.25, 0.3) is 0 Å². The van der Waals surface area contributed by atoms with Gasteiger partial charge in [-0.3, -0.25) is 4.79 Å². The summed E-state index contributed by atoms with van der Waals surface area (Å²) in [5.41, 5.74) is 6.83. The molecular weight excluding hydrogens is 228 g/mol. The quantitative estimate of drug-likeness (QED) is 0.732. The first-order chi connectivity index (χ1) is 8.60. The summed E-state index contributed by atoms with van der Waals surface area (Å²) < 4.78 is 0. The van der Waals surface area contributed by atoms with E-state index in [0.29, 0.717) is 18.4 Å². The molecule has 4 N–H and O–H groups in total. The van der Waals surface area contributed by atoms with Crippen LogP contribution in [0.1, 0.15) is 25.3 Å². The molecule has 1 aliphatic carbocycles. The molecular formula is C14H20N2O2. The third-order valence-electron chi connectivity index (χ3n) is 3.50. The second kappa shape index (κ2) is 5.40. The van der Waals surface area contributed by atoms with Crippen LogP contribution in [0.5, 0.6) is 5.75 Å². The molecule has 4 heteroatoms. The number of aromatic hydroxyl groups is 1. The fourth-order valence-electron chi connectivity index (χ4n) is 2.14. The van der Waals surface area contributed by atoms with Gasteiger partial charge in [-0.25, -0.2) is 0 Å². The Bertz CT molecular complexity index is 416. The van der Waals surface area contributed by atoms with Gasteiger partial charge >= 0.3 is 0 Å². The van der Waals surface area contributed by atoms with Gasteiger partial charge < -0.3 is 16.2 Å². The Morgan fingerprint density at radius 1 is 1.50 bits per heavy atom. The van der Waals surface area contributed by atoms with Gasteiger partial charge in [0, 0.05) is 6.04 Å². The van der Waals surface area contributed by atoms with E-state index in [1.54, 1.807) is 24.3 Å². The zero-order valence-electron chi connectivity index (χ0n) is 10.6. The summed E-state index contributed by atoms with van der Waals surface area (Å²) in [5.74, 6) is 0.777. The molecule has 1 amide bonds. The van der Waals surface area contributed by atoms with Crippen LogP contribution in [0.15, 0.2) is 24.3 Å². The lowest BCUT2D eigenvalue weighted by molar-refractivity contribution is -0.122. The molecule has 0 aliphatic heterocycles. The smallest absolute Gasteiger partial charge is 0.237 e. The van der Waals surface area contributed by atoms with E-state index in [1.165, 1.54) is 0 Å². The standard InChI is InChI=1S/C14H20N2O2/c1-2-10-8-13(10)16-14(18)12(15)7-9-3-5-11(17)6-4-9/h3-6,10,12-13,17H,2,7-8,15H2,1H3,(H,16,18)/t10?,12-,13?/m1/s1. The van der Waals surface area contributed by atoms with E-state index in [-0.39, 0.29) is 11.7 Å². The molecule has 18 heavy (non-hydrogen) atoms. The molecule has 1 aromatic carbocycles. The van der Waals surface area contributed by atoms with Gasteiger partial charge in [-0.05, 0) is 36.5 Å². The maximum Gasteiger partial charge on any atom is 0.237 e. The molecule has 0 spiro atoms. The molecule has 3 atom stereocenters. The van der Waals surface area contributed by atoms with Gasteiger partial charge in [-0.1, -0.05) is 25.5 Å². The minimum atomic E-state index is -0.521. The molecule has 1 saturated carbocycles. The molecule has 1 aromatic rings. The summed E-state index contributed by atoms with van der Waals surface area (Å²) in [4.78, 5) is 11.8. The predicted molar refractivity (Wildman–Crippen MR) is 70.1 cm³/mol. The van der Waals surface area contributed by atoms with Crippen LogP contribution in [0.25, 0.3) is 0 Å². The van der Waals surface area contributed by atoms with Crippen molar-refractivity contribution in [3.8, 4) is 5.75 Å². The Morgan fingerprint density at radius 3 is 2.72 bits per heavy atom. The fraction of sp³-hybridized carbons (Fsp3) is 0.500. The highest BCUT2D eigenvalue weighted by Gasteiger charge is 2.37. The fourth-order valence-corrected chi connectivity index (χ4v) is 2.14. The number of hydrogen-bond donors (Lipinski definition) is 3. The number of amides is 1. The SMILES string of the molecule is CCC1CC1NC(=O)[C@H](N)Cc1ccc(O)cc1. The van der Waals surface area contributed by atoms with E-state index < -0.39 is 6.04 Å². The van der Waals surface area contributed by atoms with Crippen molar-refractivity contribution in [1.82, 2.24) is 5.32 Å². The second-order valence-corrected chi connectivity index (χ2v) is 5.00. The van der Waals surface area contributed by atoms with E-state index in [2.05, 4.69) is 12.2 Å². The number of benzene rings is 1. The molecule has 0 bridgehead atoms. The second-order valence-electron chi connectivity index (χ2n) is 5.00. The summed E-state index contributed by atoms with van der Waals surface area (Å²) in [6.07, 6.45) is 2.68. The number of nitrogens with one attached hydrogen (secondary N) is 1. The lowest BCUT2D eigenvalue weighted by atomic mass is 10.1. The molecule has 2 rings (SSSR count). The van der Waals surface area contributed by atoms with Crippen molar-refractivity contribution in [2.75, 3.05) is 0 Å².